The standard InChI is InChI=1S/C21H28BrN4O2S/c1-23(2)8-5-9-24-10-12-25(13-11-24)21(27)16-19-15-18(22)14-17-6-3-4-7-20(17)29-26(19)28/h3-4,6-7,14-15H,5,8-13,16H2,1-2H3/q+1/b18-14+,19-15-. The van der Waals surface area contributed by atoms with Gasteiger partial charge in [-0.25, -0.2) is 0 Å². The summed E-state index contributed by atoms with van der Waals surface area (Å²) in [7, 11) is 4.18. The van der Waals surface area contributed by atoms with Gasteiger partial charge in [-0.05, 0) is 51.3 Å². The molecule has 0 radical (unpaired) electrons. The molecule has 6 nitrogen and oxygen atoms in total. The van der Waals surface area contributed by atoms with Crippen LogP contribution < -0.4 is 0 Å². The summed E-state index contributed by atoms with van der Waals surface area (Å²) in [6.07, 6.45) is 4.98. The number of piperazine rings is 1. The highest BCUT2D eigenvalue weighted by Gasteiger charge is 2.30. The molecular weight excluding hydrogens is 452 g/mol. The molecule has 156 valence electrons. The molecule has 1 saturated heterocycles. The van der Waals surface area contributed by atoms with Crippen molar-refractivity contribution in [1.82, 2.24) is 14.7 Å². The van der Waals surface area contributed by atoms with Gasteiger partial charge in [-0.1, -0.05) is 34.1 Å². The first-order chi connectivity index (χ1) is 13.9. The zero-order valence-electron chi connectivity index (χ0n) is 17.0. The molecule has 1 aromatic carbocycles. The Morgan fingerprint density at radius 1 is 1.17 bits per heavy atom. The number of nitroso groups, excluding NO2 is 1. The number of hydrogen-bond donors (Lipinski definition) is 0. The molecule has 0 spiro atoms. The van der Waals surface area contributed by atoms with Crippen LogP contribution in [-0.4, -0.2) is 78.1 Å². The Morgan fingerprint density at radius 3 is 2.62 bits per heavy atom. The molecule has 0 unspecified atom stereocenters. The first-order valence-electron chi connectivity index (χ1n) is 9.89. The van der Waals surface area contributed by atoms with Crippen LogP contribution in [0.25, 0.3) is 6.08 Å². The minimum atomic E-state index is 0.0137. The molecule has 0 atom stereocenters. The van der Waals surface area contributed by atoms with E-state index in [0.29, 0.717) is 5.70 Å². The SMILES string of the molecule is CN(C)CCCN1CCN(C(=O)C/C2=C/C(Br)=C\c3ccccc3S[N+]2=O)CC1. The first-order valence-corrected chi connectivity index (χ1v) is 11.5. The van der Waals surface area contributed by atoms with Gasteiger partial charge < -0.3 is 9.80 Å². The highest BCUT2D eigenvalue weighted by molar-refractivity contribution is 9.12. The molecule has 1 amide bonds. The number of amides is 1. The molecule has 8 heteroatoms. The average Bonchev–Trinajstić information content (AvgIpc) is 2.68. The van der Waals surface area contributed by atoms with E-state index in [9.17, 15) is 9.70 Å². The van der Waals surface area contributed by atoms with Gasteiger partial charge in [0.1, 0.15) is 10.6 Å². The van der Waals surface area contributed by atoms with Gasteiger partial charge in [0.05, 0.1) is 4.90 Å². The lowest BCUT2D eigenvalue weighted by molar-refractivity contribution is -0.313. The Hall–Kier alpha value is -1.48. The normalized spacial score (nSPS) is 21.7. The smallest absolute Gasteiger partial charge is 0.260 e. The van der Waals surface area contributed by atoms with Gasteiger partial charge in [0.25, 0.3) is 17.6 Å². The Balaban J connectivity index is 1.57. The summed E-state index contributed by atoms with van der Waals surface area (Å²) in [6.45, 7) is 5.37. The summed E-state index contributed by atoms with van der Waals surface area (Å²) < 4.78 is 1.65. The predicted molar refractivity (Wildman–Crippen MR) is 122 cm³/mol. The van der Waals surface area contributed by atoms with Crippen molar-refractivity contribution in [3.05, 3.63) is 51.0 Å². The van der Waals surface area contributed by atoms with E-state index in [1.165, 1.54) is 0 Å². The number of fused-ring (bicyclic) bond motifs is 1. The zero-order chi connectivity index (χ0) is 20.8. The fourth-order valence-corrected chi connectivity index (χ4v) is 4.74. The predicted octanol–water partition coefficient (Wildman–Crippen LogP) is 3.59. The van der Waals surface area contributed by atoms with E-state index >= 15 is 0 Å². The lowest BCUT2D eigenvalue weighted by Gasteiger charge is -2.34. The topological polar surface area (TPSA) is 46.9 Å². The van der Waals surface area contributed by atoms with Gasteiger partial charge in [0.2, 0.25) is 5.91 Å². The lowest BCUT2D eigenvalue weighted by Crippen LogP contribution is -2.49. The molecule has 2 heterocycles. The molecule has 1 fully saturated rings. The molecule has 1 aromatic rings. The fraction of sp³-hybridized carbons (Fsp3) is 0.476. The van der Waals surface area contributed by atoms with Crippen LogP contribution in [0.3, 0.4) is 0 Å². The zero-order valence-corrected chi connectivity index (χ0v) is 19.4. The maximum Gasteiger partial charge on any atom is 0.260 e. The van der Waals surface area contributed by atoms with Crippen LogP contribution in [0.4, 0.5) is 0 Å². The van der Waals surface area contributed by atoms with E-state index in [4.69, 9.17) is 0 Å². The van der Waals surface area contributed by atoms with Crippen LogP contribution in [0.5, 0.6) is 0 Å². The summed E-state index contributed by atoms with van der Waals surface area (Å²) in [5.74, 6) is 0.0137. The Labute approximate surface area is 185 Å². The average molecular weight is 480 g/mol. The second-order valence-electron chi connectivity index (χ2n) is 7.61. The van der Waals surface area contributed by atoms with Crippen molar-refractivity contribution in [3.63, 3.8) is 0 Å². The number of benzene rings is 1. The van der Waals surface area contributed by atoms with Crippen molar-refractivity contribution in [1.29, 1.82) is 0 Å². The molecule has 0 N–H and O–H groups in total. The van der Waals surface area contributed by atoms with Crippen LogP contribution in [0, 0.1) is 4.91 Å². The first kappa shape index (κ1) is 22.2. The molecule has 3 rings (SSSR count). The van der Waals surface area contributed by atoms with Crippen molar-refractivity contribution in [2.24, 2.45) is 0 Å². The summed E-state index contributed by atoms with van der Waals surface area (Å²) >= 11 is 4.63. The van der Waals surface area contributed by atoms with Gasteiger partial charge in [0, 0.05) is 41.6 Å². The number of allylic oxidation sites excluding steroid dienone is 2. The second-order valence-corrected chi connectivity index (χ2v) is 9.48. The lowest BCUT2D eigenvalue weighted by atomic mass is 10.2. The third-order valence-electron chi connectivity index (χ3n) is 5.07. The largest absolute Gasteiger partial charge is 0.340 e. The van der Waals surface area contributed by atoms with Gasteiger partial charge in [-0.3, -0.25) is 9.69 Å². The van der Waals surface area contributed by atoms with E-state index in [1.807, 2.05) is 35.2 Å². The fourth-order valence-electron chi connectivity index (χ4n) is 3.45. The van der Waals surface area contributed by atoms with Crippen molar-refractivity contribution in [3.8, 4) is 0 Å². The van der Waals surface area contributed by atoms with Gasteiger partial charge in [0.15, 0.2) is 0 Å². The van der Waals surface area contributed by atoms with Crippen LogP contribution in [0.1, 0.15) is 18.4 Å². The highest BCUT2D eigenvalue weighted by atomic mass is 79.9. The second kappa shape index (κ2) is 10.5. The van der Waals surface area contributed by atoms with E-state index in [1.54, 1.807) is 6.08 Å². The third kappa shape index (κ3) is 6.50. The number of nitrogens with zero attached hydrogens (tertiary/aromatic N) is 4. The van der Waals surface area contributed by atoms with Crippen LogP contribution in [0.2, 0.25) is 0 Å². The maximum absolute atomic E-state index is 12.8. The molecular formula is C21H28BrN4O2S+. The maximum atomic E-state index is 12.8. The van der Waals surface area contributed by atoms with Gasteiger partial charge in [-0.15, -0.1) is 0 Å². The van der Waals surface area contributed by atoms with Crippen LogP contribution >= 0.6 is 27.9 Å². The molecule has 0 aromatic heterocycles. The van der Waals surface area contributed by atoms with E-state index in [2.05, 4.69) is 39.8 Å². The number of hydrogen-bond acceptors (Lipinski definition) is 5. The number of halogens is 1. The summed E-state index contributed by atoms with van der Waals surface area (Å²) in [5, 5.41) is 0. The van der Waals surface area contributed by atoms with E-state index < -0.39 is 0 Å². The van der Waals surface area contributed by atoms with E-state index in [0.717, 1.165) is 76.7 Å². The Morgan fingerprint density at radius 2 is 1.90 bits per heavy atom. The van der Waals surface area contributed by atoms with Crippen molar-refractivity contribution in [2.45, 2.75) is 17.7 Å². The number of carbonyl (C=O) groups is 1. The molecule has 29 heavy (non-hydrogen) atoms. The van der Waals surface area contributed by atoms with Gasteiger partial charge >= 0.3 is 0 Å². The van der Waals surface area contributed by atoms with Crippen molar-refractivity contribution in [2.75, 3.05) is 53.4 Å². The van der Waals surface area contributed by atoms with Crippen LogP contribution in [-0.2, 0) is 4.79 Å². The number of carbonyl (C=O) groups excluding carboxylic acids is 1. The quantitative estimate of drug-likeness (QED) is 0.460. The van der Waals surface area contributed by atoms with Crippen molar-refractivity contribution >= 4 is 39.9 Å². The molecule has 0 bridgehead atoms. The molecule has 0 aliphatic carbocycles. The molecule has 2 aliphatic heterocycles. The molecule has 2 aliphatic rings. The summed E-state index contributed by atoms with van der Waals surface area (Å²) in [6, 6.07) is 7.75. The third-order valence-corrected chi connectivity index (χ3v) is 6.50. The minimum absolute atomic E-state index is 0.0137. The highest BCUT2D eigenvalue weighted by Crippen LogP contribution is 2.32. The van der Waals surface area contributed by atoms with Crippen molar-refractivity contribution < 1.29 is 8.96 Å². The monoisotopic (exact) mass is 479 g/mol. The Bertz CT molecular complexity index is 817. The van der Waals surface area contributed by atoms with Crippen LogP contribution in [0.15, 0.2) is 45.4 Å². The Kier molecular flexibility index (Phi) is 8.06. The van der Waals surface area contributed by atoms with Gasteiger partial charge in [-0.2, -0.15) is 0 Å². The minimum Gasteiger partial charge on any atom is -0.340 e. The molecule has 0 saturated carbocycles. The summed E-state index contributed by atoms with van der Waals surface area (Å²) in [5.41, 5.74) is 1.45. The summed E-state index contributed by atoms with van der Waals surface area (Å²) in [4.78, 5) is 32.9. The van der Waals surface area contributed by atoms with E-state index in [-0.39, 0.29) is 12.3 Å². The number of rotatable bonds is 6.